The predicted molar refractivity (Wildman–Crippen MR) is 51.1 cm³/mol. The molecule has 2 rings (SSSR count). The van der Waals surface area contributed by atoms with E-state index in [1.165, 1.54) is 25.7 Å². The minimum Gasteiger partial charge on any atom is -0.332 e. The highest BCUT2D eigenvalue weighted by Gasteiger charge is 2.25. The summed E-state index contributed by atoms with van der Waals surface area (Å²) in [5.74, 6) is 0. The van der Waals surface area contributed by atoms with Gasteiger partial charge in [-0.3, -0.25) is 9.69 Å². The minimum absolute atomic E-state index is 0.814. The van der Waals surface area contributed by atoms with Crippen LogP contribution in [0.3, 0.4) is 0 Å². The molecule has 0 aromatic heterocycles. The van der Waals surface area contributed by atoms with E-state index in [-0.39, 0.29) is 0 Å². The zero-order chi connectivity index (χ0) is 9.10. The molecular formula is C10H17N2O. The second-order valence-electron chi connectivity index (χ2n) is 4.05. The maximum absolute atomic E-state index is 10.4. The fraction of sp³-hybridized carbons (Fsp3) is 0.900. The standard InChI is InChI=1S/C10H17N2O/c13-9-11-5-7-12(8-6-11)10-3-1-2-4-10/h10H,1-8H2. The smallest absolute Gasteiger partial charge is 0.312 e. The Morgan fingerprint density at radius 2 is 1.62 bits per heavy atom. The third-order valence-electron chi connectivity index (χ3n) is 3.28. The van der Waals surface area contributed by atoms with Crippen LogP contribution in [0.1, 0.15) is 25.7 Å². The highest BCUT2D eigenvalue weighted by Crippen LogP contribution is 2.23. The maximum Gasteiger partial charge on any atom is 0.312 e. The summed E-state index contributed by atoms with van der Waals surface area (Å²) in [5.41, 5.74) is 0. The molecule has 1 amide bonds. The second-order valence-corrected chi connectivity index (χ2v) is 4.05. The molecule has 13 heavy (non-hydrogen) atoms. The van der Waals surface area contributed by atoms with Crippen LogP contribution in [-0.4, -0.2) is 48.4 Å². The third kappa shape index (κ3) is 2.02. The lowest BCUT2D eigenvalue weighted by molar-refractivity contribution is 0.132. The zero-order valence-electron chi connectivity index (χ0n) is 8.04. The molecular weight excluding hydrogens is 164 g/mol. The van der Waals surface area contributed by atoms with E-state index in [0.29, 0.717) is 0 Å². The molecule has 0 spiro atoms. The first-order valence-corrected chi connectivity index (χ1v) is 5.27. The number of amides is 1. The van der Waals surface area contributed by atoms with Gasteiger partial charge in [-0.05, 0) is 12.8 Å². The van der Waals surface area contributed by atoms with Gasteiger partial charge in [0.05, 0.1) is 0 Å². The molecule has 0 bridgehead atoms. The van der Waals surface area contributed by atoms with E-state index in [1.54, 1.807) is 4.90 Å². The molecule has 0 N–H and O–H groups in total. The van der Waals surface area contributed by atoms with Gasteiger partial charge in [0.15, 0.2) is 0 Å². The van der Waals surface area contributed by atoms with Crippen molar-refractivity contribution in [3.8, 4) is 0 Å². The van der Waals surface area contributed by atoms with E-state index in [9.17, 15) is 4.79 Å². The Balaban J connectivity index is 1.79. The van der Waals surface area contributed by atoms with Crippen molar-refractivity contribution in [1.82, 2.24) is 9.80 Å². The van der Waals surface area contributed by atoms with Gasteiger partial charge in [-0.1, -0.05) is 12.8 Å². The lowest BCUT2D eigenvalue weighted by Gasteiger charge is -2.35. The second kappa shape index (κ2) is 4.09. The fourth-order valence-corrected chi connectivity index (χ4v) is 2.45. The summed E-state index contributed by atoms with van der Waals surface area (Å²) in [7, 11) is 0. The summed E-state index contributed by atoms with van der Waals surface area (Å²) in [6.07, 6.45) is 7.49. The van der Waals surface area contributed by atoms with Gasteiger partial charge in [0.2, 0.25) is 0 Å². The van der Waals surface area contributed by atoms with Crippen molar-refractivity contribution in [1.29, 1.82) is 0 Å². The quantitative estimate of drug-likeness (QED) is 0.623. The number of carbonyl (C=O) groups excluding carboxylic acids is 1. The summed E-state index contributed by atoms with van der Waals surface area (Å²) in [5, 5.41) is 0. The van der Waals surface area contributed by atoms with Crippen molar-refractivity contribution in [2.75, 3.05) is 26.2 Å². The number of nitrogens with zero attached hydrogens (tertiary/aromatic N) is 2. The van der Waals surface area contributed by atoms with E-state index in [0.717, 1.165) is 32.2 Å². The van der Waals surface area contributed by atoms with Gasteiger partial charge >= 0.3 is 6.41 Å². The molecule has 3 nitrogen and oxygen atoms in total. The summed E-state index contributed by atoms with van der Waals surface area (Å²) < 4.78 is 0. The van der Waals surface area contributed by atoms with E-state index in [1.807, 2.05) is 6.41 Å². The van der Waals surface area contributed by atoms with Crippen molar-refractivity contribution in [2.45, 2.75) is 31.7 Å². The van der Waals surface area contributed by atoms with Gasteiger partial charge in [-0.2, -0.15) is 0 Å². The van der Waals surface area contributed by atoms with Crippen LogP contribution in [0.25, 0.3) is 0 Å². The van der Waals surface area contributed by atoms with Gasteiger partial charge in [-0.15, -0.1) is 0 Å². The number of rotatable bonds is 2. The highest BCUT2D eigenvalue weighted by atomic mass is 16.1. The molecule has 1 heterocycles. The molecule has 0 atom stereocenters. The first-order chi connectivity index (χ1) is 6.40. The summed E-state index contributed by atoms with van der Waals surface area (Å²) in [6, 6.07) is 0.814. The molecule has 0 aromatic carbocycles. The zero-order valence-corrected chi connectivity index (χ0v) is 8.04. The van der Waals surface area contributed by atoms with E-state index >= 15 is 0 Å². The Hall–Kier alpha value is -0.570. The van der Waals surface area contributed by atoms with Gasteiger partial charge in [-0.25, -0.2) is 0 Å². The van der Waals surface area contributed by atoms with Crippen molar-refractivity contribution >= 4 is 6.41 Å². The van der Waals surface area contributed by atoms with Gasteiger partial charge in [0.25, 0.3) is 0 Å². The predicted octanol–water partition coefficient (Wildman–Crippen LogP) is 0.614. The molecule has 2 aliphatic rings. The number of hydrogen-bond donors (Lipinski definition) is 0. The van der Waals surface area contributed by atoms with Crippen LogP contribution >= 0.6 is 0 Å². The largest absolute Gasteiger partial charge is 0.332 e. The molecule has 2 fully saturated rings. The number of piperazine rings is 1. The van der Waals surface area contributed by atoms with Crippen LogP contribution in [0.4, 0.5) is 0 Å². The lowest BCUT2D eigenvalue weighted by atomic mass is 10.2. The van der Waals surface area contributed by atoms with Gasteiger partial charge in [0.1, 0.15) is 0 Å². The maximum atomic E-state index is 10.4. The van der Waals surface area contributed by atoms with Crippen molar-refractivity contribution in [3.05, 3.63) is 0 Å². The van der Waals surface area contributed by atoms with Crippen LogP contribution in [0.15, 0.2) is 0 Å². The first kappa shape index (κ1) is 9.00. The fourth-order valence-electron chi connectivity index (χ4n) is 2.45. The molecule has 1 aliphatic heterocycles. The van der Waals surface area contributed by atoms with Crippen molar-refractivity contribution in [2.24, 2.45) is 0 Å². The Morgan fingerprint density at radius 3 is 2.15 bits per heavy atom. The Morgan fingerprint density at radius 1 is 1.00 bits per heavy atom. The molecule has 3 heteroatoms. The SMILES string of the molecule is O=[C]N1CCN(C2CCCC2)CC1. The third-order valence-corrected chi connectivity index (χ3v) is 3.28. The summed E-state index contributed by atoms with van der Waals surface area (Å²) in [6.45, 7) is 3.86. The lowest BCUT2D eigenvalue weighted by Crippen LogP contribution is -2.49. The topological polar surface area (TPSA) is 23.6 Å². The van der Waals surface area contributed by atoms with E-state index < -0.39 is 0 Å². The van der Waals surface area contributed by atoms with Gasteiger partial charge in [0, 0.05) is 32.2 Å². The van der Waals surface area contributed by atoms with Crippen LogP contribution in [0.5, 0.6) is 0 Å². The molecule has 1 saturated heterocycles. The Labute approximate surface area is 79.7 Å². The van der Waals surface area contributed by atoms with Crippen LogP contribution < -0.4 is 0 Å². The summed E-state index contributed by atoms with van der Waals surface area (Å²) in [4.78, 5) is 14.7. The van der Waals surface area contributed by atoms with Crippen molar-refractivity contribution < 1.29 is 4.79 Å². The number of hydrogen-bond acceptors (Lipinski definition) is 2. The van der Waals surface area contributed by atoms with Crippen LogP contribution in [0.2, 0.25) is 0 Å². The highest BCUT2D eigenvalue weighted by molar-refractivity contribution is 5.48. The van der Waals surface area contributed by atoms with E-state index in [4.69, 9.17) is 0 Å². The Kier molecular flexibility index (Phi) is 2.83. The van der Waals surface area contributed by atoms with E-state index in [2.05, 4.69) is 4.90 Å². The summed E-state index contributed by atoms with van der Waals surface area (Å²) >= 11 is 0. The average Bonchev–Trinajstić information content (AvgIpc) is 2.71. The average molecular weight is 181 g/mol. The Bertz CT molecular complexity index is 170. The molecule has 1 saturated carbocycles. The van der Waals surface area contributed by atoms with Crippen molar-refractivity contribution in [3.63, 3.8) is 0 Å². The molecule has 0 unspecified atom stereocenters. The minimum atomic E-state index is 0.814. The van der Waals surface area contributed by atoms with Crippen LogP contribution in [-0.2, 0) is 4.79 Å². The first-order valence-electron chi connectivity index (χ1n) is 5.27. The molecule has 1 radical (unpaired) electrons. The van der Waals surface area contributed by atoms with Crippen LogP contribution in [0, 0.1) is 0 Å². The monoisotopic (exact) mass is 181 g/mol. The normalized spacial score (nSPS) is 26.6. The molecule has 1 aliphatic carbocycles. The molecule has 0 aromatic rings. The molecule has 73 valence electrons. The van der Waals surface area contributed by atoms with Gasteiger partial charge < -0.3 is 4.90 Å².